The molecule has 2 aromatic heterocycles. The maximum atomic E-state index is 5.39. The minimum atomic E-state index is -0.410. The first-order valence-corrected chi connectivity index (χ1v) is 19.8. The largest absolute Gasteiger partial charge is 0.278 e. The molecule has 0 fully saturated rings. The average molecular weight is 724 g/mol. The summed E-state index contributed by atoms with van der Waals surface area (Å²) in [6.07, 6.45) is 7.23. The van der Waals surface area contributed by atoms with E-state index in [9.17, 15) is 0 Å². The molecule has 4 aliphatic rings. The molecule has 264 valence electrons. The lowest BCUT2D eigenvalue weighted by Gasteiger charge is -2.33. The second-order valence-corrected chi connectivity index (χ2v) is 15.7. The molecule has 0 unspecified atom stereocenters. The molecule has 3 nitrogen and oxygen atoms in total. The van der Waals surface area contributed by atoms with Gasteiger partial charge in [-0.2, -0.15) is 0 Å². The fourth-order valence-corrected chi connectivity index (χ4v) is 10.2. The topological polar surface area (TPSA) is 30.7 Å². The van der Waals surface area contributed by atoms with E-state index in [0.717, 1.165) is 33.5 Å². The second kappa shape index (κ2) is 11.3. The van der Waals surface area contributed by atoms with Crippen molar-refractivity contribution in [2.24, 2.45) is 5.92 Å². The van der Waals surface area contributed by atoms with E-state index in [1.165, 1.54) is 72.0 Å². The Morgan fingerprint density at radius 1 is 0.456 bits per heavy atom. The van der Waals surface area contributed by atoms with Gasteiger partial charge in [0, 0.05) is 27.8 Å². The van der Waals surface area contributed by atoms with Gasteiger partial charge in [0.25, 0.3) is 0 Å². The van der Waals surface area contributed by atoms with Gasteiger partial charge in [0.05, 0.1) is 27.8 Å². The van der Waals surface area contributed by atoms with E-state index in [1.807, 2.05) is 0 Å². The van der Waals surface area contributed by atoms with Crippen LogP contribution in [0.5, 0.6) is 0 Å². The number of benzene rings is 7. The summed E-state index contributed by atoms with van der Waals surface area (Å²) in [4.78, 5) is 10.8. The van der Waals surface area contributed by atoms with Gasteiger partial charge in [-0.25, -0.2) is 9.97 Å². The van der Waals surface area contributed by atoms with Crippen molar-refractivity contribution in [2.45, 2.75) is 5.41 Å². The minimum absolute atomic E-state index is 0.401. The molecule has 1 spiro atoms. The van der Waals surface area contributed by atoms with E-state index in [1.54, 1.807) is 0 Å². The fraction of sp³-hybridized carbons (Fsp3) is 0.0370. The van der Waals surface area contributed by atoms with Gasteiger partial charge in [0.2, 0.25) is 5.95 Å². The van der Waals surface area contributed by atoms with Crippen molar-refractivity contribution in [3.8, 4) is 50.7 Å². The molecular formula is C54H33N3. The highest BCUT2D eigenvalue weighted by Gasteiger charge is 2.56. The normalized spacial score (nSPS) is 16.4. The molecule has 2 heterocycles. The summed E-state index contributed by atoms with van der Waals surface area (Å²) in [5, 5.41) is 2.38. The molecule has 0 saturated carbocycles. The van der Waals surface area contributed by atoms with Crippen LogP contribution in [0.15, 0.2) is 205 Å². The Hall–Kier alpha value is -7.36. The molecule has 0 amide bonds. The predicted molar refractivity (Wildman–Crippen MR) is 232 cm³/mol. The SMILES string of the molecule is C1=C[C@H]2C=C2C2=C1c1cc3c(cc1C21c2ccccc2-c2ccccc21)c1cc(-c2ccccc2)ccc1n3-c1nc(-c2ccccc2)cc(-c2ccccc2)n1. The van der Waals surface area contributed by atoms with Crippen LogP contribution in [0.25, 0.3) is 78.1 Å². The van der Waals surface area contributed by atoms with Gasteiger partial charge in [0.1, 0.15) is 0 Å². The molecule has 0 saturated heterocycles. The van der Waals surface area contributed by atoms with Crippen molar-refractivity contribution in [1.82, 2.24) is 14.5 Å². The standard InChI is InChI=1S/C54H33N3/c1-4-14-33(15-5-1)36-25-27-50-43(28-36)44-30-47-42(31-51(44)57(50)53-55-48(34-16-6-2-7-17-34)32-49(56-53)35-18-8-3-9-19-35)40-26-24-37-29-41(37)52(40)54(47)45-22-12-10-20-38(45)39-21-11-13-23-46(39)54/h1-32,37H/t37-/m0/s1. The Morgan fingerprint density at radius 3 is 1.68 bits per heavy atom. The van der Waals surface area contributed by atoms with Gasteiger partial charge in [0.15, 0.2) is 0 Å². The molecule has 0 aliphatic heterocycles. The van der Waals surface area contributed by atoms with Gasteiger partial charge in [-0.15, -0.1) is 0 Å². The Labute approximate surface area is 330 Å². The van der Waals surface area contributed by atoms with Crippen molar-refractivity contribution in [3.05, 3.63) is 228 Å². The number of aromatic nitrogens is 3. The lowest BCUT2D eigenvalue weighted by Crippen LogP contribution is -2.27. The summed E-state index contributed by atoms with van der Waals surface area (Å²) in [6, 6.07) is 63.8. The first-order chi connectivity index (χ1) is 28.3. The Balaban J connectivity index is 1.16. The average Bonchev–Trinajstić information content (AvgIpc) is 3.84. The van der Waals surface area contributed by atoms with Crippen LogP contribution in [0.4, 0.5) is 0 Å². The van der Waals surface area contributed by atoms with Crippen LogP contribution in [0.1, 0.15) is 22.3 Å². The zero-order chi connectivity index (χ0) is 37.2. The smallest absolute Gasteiger partial charge is 0.235 e. The van der Waals surface area contributed by atoms with Crippen LogP contribution in [-0.2, 0) is 5.41 Å². The quantitative estimate of drug-likeness (QED) is 0.181. The molecule has 13 rings (SSSR count). The number of allylic oxidation sites excluding steroid dienone is 6. The van der Waals surface area contributed by atoms with E-state index in [2.05, 4.69) is 199 Å². The predicted octanol–water partition coefficient (Wildman–Crippen LogP) is 12.8. The van der Waals surface area contributed by atoms with Gasteiger partial charge in [-0.3, -0.25) is 4.57 Å². The van der Waals surface area contributed by atoms with Crippen LogP contribution in [-0.4, -0.2) is 14.5 Å². The van der Waals surface area contributed by atoms with Gasteiger partial charge >= 0.3 is 0 Å². The first-order valence-electron chi connectivity index (χ1n) is 19.8. The van der Waals surface area contributed by atoms with Crippen LogP contribution in [0.2, 0.25) is 0 Å². The molecule has 0 radical (unpaired) electrons. The Kier molecular flexibility index (Phi) is 6.15. The molecule has 7 aromatic carbocycles. The van der Waals surface area contributed by atoms with Crippen LogP contribution >= 0.6 is 0 Å². The number of nitrogens with zero attached hydrogens (tertiary/aromatic N) is 3. The van der Waals surface area contributed by atoms with Crippen LogP contribution < -0.4 is 0 Å². The molecule has 9 aromatic rings. The summed E-state index contributed by atoms with van der Waals surface area (Å²) >= 11 is 0. The third-order valence-corrected chi connectivity index (χ3v) is 12.7. The molecule has 1 atom stereocenters. The zero-order valence-corrected chi connectivity index (χ0v) is 30.9. The Morgan fingerprint density at radius 2 is 1.04 bits per heavy atom. The van der Waals surface area contributed by atoms with Crippen molar-refractivity contribution < 1.29 is 0 Å². The maximum Gasteiger partial charge on any atom is 0.235 e. The maximum absolute atomic E-state index is 5.39. The minimum Gasteiger partial charge on any atom is -0.278 e. The second-order valence-electron chi connectivity index (χ2n) is 15.7. The van der Waals surface area contributed by atoms with E-state index >= 15 is 0 Å². The van der Waals surface area contributed by atoms with Crippen molar-refractivity contribution in [3.63, 3.8) is 0 Å². The molecule has 0 N–H and O–H groups in total. The third-order valence-electron chi connectivity index (χ3n) is 12.7. The highest BCUT2D eigenvalue weighted by molar-refractivity contribution is 6.13. The van der Waals surface area contributed by atoms with E-state index in [-0.39, 0.29) is 0 Å². The Bertz CT molecular complexity index is 3170. The van der Waals surface area contributed by atoms with Crippen molar-refractivity contribution >= 4 is 27.4 Å². The summed E-state index contributed by atoms with van der Waals surface area (Å²) in [5.41, 5.74) is 20.3. The number of fused-ring (bicyclic) bond motifs is 14. The fourth-order valence-electron chi connectivity index (χ4n) is 10.2. The van der Waals surface area contributed by atoms with E-state index in [0.29, 0.717) is 11.9 Å². The number of hydrogen-bond donors (Lipinski definition) is 0. The first kappa shape index (κ1) is 30.9. The summed E-state index contributed by atoms with van der Waals surface area (Å²) in [7, 11) is 0. The summed E-state index contributed by atoms with van der Waals surface area (Å²) in [5.74, 6) is 1.06. The number of hydrogen-bond acceptors (Lipinski definition) is 2. The molecule has 4 aliphatic carbocycles. The third kappa shape index (κ3) is 4.20. The monoisotopic (exact) mass is 723 g/mol. The zero-order valence-electron chi connectivity index (χ0n) is 30.9. The highest BCUT2D eigenvalue weighted by Crippen LogP contribution is 2.67. The van der Waals surface area contributed by atoms with Crippen molar-refractivity contribution in [1.29, 1.82) is 0 Å². The van der Waals surface area contributed by atoms with Crippen LogP contribution in [0.3, 0.4) is 0 Å². The molecular weight excluding hydrogens is 691 g/mol. The lowest BCUT2D eigenvalue weighted by molar-refractivity contribution is 0.773. The van der Waals surface area contributed by atoms with Gasteiger partial charge < -0.3 is 0 Å². The molecule has 0 bridgehead atoms. The highest BCUT2D eigenvalue weighted by atomic mass is 15.2. The van der Waals surface area contributed by atoms with Gasteiger partial charge in [-0.05, 0) is 91.6 Å². The lowest BCUT2D eigenvalue weighted by atomic mass is 9.68. The van der Waals surface area contributed by atoms with E-state index in [4.69, 9.17) is 9.97 Å². The van der Waals surface area contributed by atoms with Crippen LogP contribution in [0, 0.1) is 5.92 Å². The van der Waals surface area contributed by atoms with Crippen molar-refractivity contribution in [2.75, 3.05) is 0 Å². The van der Waals surface area contributed by atoms with E-state index < -0.39 is 5.41 Å². The molecule has 57 heavy (non-hydrogen) atoms. The summed E-state index contributed by atoms with van der Waals surface area (Å²) in [6.45, 7) is 0. The number of rotatable bonds is 4. The summed E-state index contributed by atoms with van der Waals surface area (Å²) < 4.78 is 2.31. The molecule has 3 heteroatoms. The van der Waals surface area contributed by atoms with Gasteiger partial charge in [-0.1, -0.05) is 164 Å².